The maximum atomic E-state index is 12.8. The van der Waals surface area contributed by atoms with E-state index in [1.54, 1.807) is 44.5 Å². The van der Waals surface area contributed by atoms with Gasteiger partial charge < -0.3 is 4.74 Å². The maximum Gasteiger partial charge on any atom is 0.262 e. The highest BCUT2D eigenvalue weighted by Crippen LogP contribution is 2.30. The first-order valence-electron chi connectivity index (χ1n) is 7.43. The number of hydrogen-bond acceptors (Lipinski definition) is 4. The monoisotopic (exact) mass is 342 g/mol. The summed E-state index contributed by atoms with van der Waals surface area (Å²) < 4.78 is 33.5. The van der Waals surface area contributed by atoms with Gasteiger partial charge in [-0.25, -0.2) is 8.42 Å². The van der Waals surface area contributed by atoms with Crippen LogP contribution in [0, 0.1) is 13.8 Å². The Labute approximate surface area is 141 Å². The van der Waals surface area contributed by atoms with Crippen LogP contribution in [0.25, 0.3) is 10.9 Å². The van der Waals surface area contributed by atoms with Crippen molar-refractivity contribution >= 4 is 26.6 Å². The summed E-state index contributed by atoms with van der Waals surface area (Å²) in [6.45, 7) is 3.71. The van der Waals surface area contributed by atoms with Gasteiger partial charge in [-0.15, -0.1) is 0 Å². The number of sulfonamides is 1. The summed E-state index contributed by atoms with van der Waals surface area (Å²) in [4.78, 5) is 4.54. The third-order valence-corrected chi connectivity index (χ3v) is 5.30. The van der Waals surface area contributed by atoms with Crippen LogP contribution >= 0.6 is 0 Å². The smallest absolute Gasteiger partial charge is 0.262 e. The molecule has 5 nitrogen and oxygen atoms in total. The van der Waals surface area contributed by atoms with Gasteiger partial charge in [0.15, 0.2) is 0 Å². The Morgan fingerprint density at radius 1 is 1.08 bits per heavy atom. The zero-order valence-corrected chi connectivity index (χ0v) is 14.5. The predicted molar refractivity (Wildman–Crippen MR) is 95.0 cm³/mol. The van der Waals surface area contributed by atoms with Gasteiger partial charge in [0.1, 0.15) is 5.75 Å². The van der Waals surface area contributed by atoms with Crippen LogP contribution in [-0.4, -0.2) is 20.5 Å². The van der Waals surface area contributed by atoms with Gasteiger partial charge in [0.05, 0.1) is 23.2 Å². The van der Waals surface area contributed by atoms with Crippen molar-refractivity contribution in [3.8, 4) is 5.75 Å². The summed E-state index contributed by atoms with van der Waals surface area (Å²) in [5.41, 5.74) is 2.68. The molecule has 0 spiro atoms. The fraction of sp³-hybridized carbons (Fsp3) is 0.167. The predicted octanol–water partition coefficient (Wildman–Crippen LogP) is 3.66. The lowest BCUT2D eigenvalue weighted by Crippen LogP contribution is -2.15. The van der Waals surface area contributed by atoms with Crippen LogP contribution in [0.2, 0.25) is 0 Å². The van der Waals surface area contributed by atoms with Crippen LogP contribution in [0.4, 0.5) is 5.69 Å². The molecule has 0 aliphatic carbocycles. The number of anilines is 1. The van der Waals surface area contributed by atoms with E-state index >= 15 is 0 Å². The molecule has 1 N–H and O–H groups in total. The highest BCUT2D eigenvalue weighted by molar-refractivity contribution is 7.92. The molecular weight excluding hydrogens is 324 g/mol. The Morgan fingerprint density at radius 3 is 2.58 bits per heavy atom. The van der Waals surface area contributed by atoms with E-state index in [-0.39, 0.29) is 4.90 Å². The highest BCUT2D eigenvalue weighted by Gasteiger charge is 2.19. The van der Waals surface area contributed by atoms with Gasteiger partial charge in [-0.3, -0.25) is 9.71 Å². The van der Waals surface area contributed by atoms with Crippen molar-refractivity contribution in [1.82, 2.24) is 4.98 Å². The zero-order chi connectivity index (χ0) is 17.3. The molecule has 24 heavy (non-hydrogen) atoms. The lowest BCUT2D eigenvalue weighted by atomic mass is 10.2. The second-order valence-electron chi connectivity index (χ2n) is 5.62. The number of pyridine rings is 1. The summed E-state index contributed by atoms with van der Waals surface area (Å²) >= 11 is 0. The number of hydrogen-bond donors (Lipinski definition) is 1. The van der Waals surface area contributed by atoms with E-state index in [1.165, 1.54) is 0 Å². The Balaban J connectivity index is 2.11. The number of fused-ring (bicyclic) bond motifs is 1. The lowest BCUT2D eigenvalue weighted by Gasteiger charge is -2.13. The van der Waals surface area contributed by atoms with Crippen molar-refractivity contribution in [3.05, 3.63) is 59.8 Å². The average Bonchev–Trinajstić information content (AvgIpc) is 2.54. The molecule has 0 atom stereocenters. The fourth-order valence-corrected chi connectivity index (χ4v) is 3.95. The largest absolute Gasteiger partial charge is 0.497 e. The number of aryl methyl sites for hydroxylation is 2. The summed E-state index contributed by atoms with van der Waals surface area (Å²) in [5.74, 6) is 0.564. The number of nitrogens with one attached hydrogen (secondary N) is 1. The molecule has 3 rings (SSSR count). The molecule has 124 valence electrons. The average molecular weight is 342 g/mol. The molecule has 0 radical (unpaired) electrons. The van der Waals surface area contributed by atoms with Crippen molar-refractivity contribution in [1.29, 1.82) is 0 Å². The van der Waals surface area contributed by atoms with Crippen LogP contribution in [0.15, 0.2) is 53.6 Å². The van der Waals surface area contributed by atoms with Crippen LogP contribution in [0.3, 0.4) is 0 Å². The van der Waals surface area contributed by atoms with Gasteiger partial charge >= 0.3 is 0 Å². The minimum absolute atomic E-state index is 0.250. The Hall–Kier alpha value is -2.60. The summed E-state index contributed by atoms with van der Waals surface area (Å²) in [5, 5.41) is 0.801. The second kappa shape index (κ2) is 6.13. The molecule has 6 heteroatoms. The first kappa shape index (κ1) is 16.3. The lowest BCUT2D eigenvalue weighted by molar-refractivity contribution is 0.415. The zero-order valence-electron chi connectivity index (χ0n) is 13.7. The molecule has 1 heterocycles. The normalized spacial score (nSPS) is 11.5. The molecule has 0 aliphatic heterocycles. The van der Waals surface area contributed by atoms with Gasteiger partial charge in [-0.1, -0.05) is 23.8 Å². The van der Waals surface area contributed by atoms with Gasteiger partial charge in [0.25, 0.3) is 10.0 Å². The molecule has 0 fully saturated rings. The fourth-order valence-electron chi connectivity index (χ4n) is 2.66. The van der Waals surface area contributed by atoms with Crippen LogP contribution in [0.5, 0.6) is 5.75 Å². The number of rotatable bonds is 4. The van der Waals surface area contributed by atoms with Gasteiger partial charge in [-0.05, 0) is 37.6 Å². The van der Waals surface area contributed by atoms with Crippen molar-refractivity contribution in [3.63, 3.8) is 0 Å². The molecule has 1 aromatic heterocycles. The molecular formula is C18H18N2O3S. The van der Waals surface area contributed by atoms with Crippen molar-refractivity contribution in [2.24, 2.45) is 0 Å². The molecule has 0 saturated carbocycles. The SMILES string of the molecule is COc1cc(NS(=O)(=O)c2ccc(C)cc2C)c2ncccc2c1. The second-order valence-corrected chi connectivity index (χ2v) is 7.28. The molecule has 0 saturated heterocycles. The number of benzene rings is 2. The van der Waals surface area contributed by atoms with Crippen LogP contribution in [0.1, 0.15) is 11.1 Å². The Morgan fingerprint density at radius 2 is 1.88 bits per heavy atom. The van der Waals surface area contributed by atoms with E-state index in [1.807, 2.05) is 25.1 Å². The number of aromatic nitrogens is 1. The Bertz CT molecular complexity index is 1010. The van der Waals surface area contributed by atoms with Crippen molar-refractivity contribution < 1.29 is 13.2 Å². The molecule has 2 aromatic carbocycles. The standard InChI is InChI=1S/C18H18N2O3S/c1-12-6-7-17(13(2)9-12)24(21,22)20-16-11-15(23-3)10-14-5-4-8-19-18(14)16/h4-11,20H,1-3H3. The maximum absolute atomic E-state index is 12.8. The Kier molecular flexibility index (Phi) is 4.15. The highest BCUT2D eigenvalue weighted by atomic mass is 32.2. The van der Waals surface area contributed by atoms with Crippen molar-refractivity contribution in [2.45, 2.75) is 18.7 Å². The van der Waals surface area contributed by atoms with E-state index in [9.17, 15) is 8.42 Å². The minimum Gasteiger partial charge on any atom is -0.497 e. The minimum atomic E-state index is -3.72. The van der Waals surface area contributed by atoms with E-state index in [2.05, 4.69) is 9.71 Å². The van der Waals surface area contributed by atoms with E-state index in [4.69, 9.17) is 4.74 Å². The van der Waals surface area contributed by atoms with Crippen molar-refractivity contribution in [2.75, 3.05) is 11.8 Å². The van der Waals surface area contributed by atoms with E-state index < -0.39 is 10.0 Å². The quantitative estimate of drug-likeness (QED) is 0.785. The molecule has 0 bridgehead atoms. The van der Waals surface area contributed by atoms with Gasteiger partial charge in [0, 0.05) is 17.6 Å². The van der Waals surface area contributed by atoms with Crippen LogP contribution < -0.4 is 9.46 Å². The number of methoxy groups -OCH3 is 1. The first-order chi connectivity index (χ1) is 11.4. The first-order valence-corrected chi connectivity index (χ1v) is 8.92. The molecule has 0 amide bonds. The molecule has 0 unspecified atom stereocenters. The number of ether oxygens (including phenoxy) is 1. The molecule has 0 aliphatic rings. The summed E-state index contributed by atoms with van der Waals surface area (Å²) in [7, 11) is -2.18. The van der Waals surface area contributed by atoms with Crippen LogP contribution in [-0.2, 0) is 10.0 Å². The van der Waals surface area contributed by atoms with E-state index in [0.717, 1.165) is 10.9 Å². The summed E-state index contributed by atoms with van der Waals surface area (Å²) in [6.07, 6.45) is 1.63. The van der Waals surface area contributed by atoms with Gasteiger partial charge in [0.2, 0.25) is 0 Å². The third kappa shape index (κ3) is 3.05. The molecule has 3 aromatic rings. The number of nitrogens with zero attached hydrogens (tertiary/aromatic N) is 1. The topological polar surface area (TPSA) is 68.3 Å². The van der Waals surface area contributed by atoms with Gasteiger partial charge in [-0.2, -0.15) is 0 Å². The summed E-state index contributed by atoms with van der Waals surface area (Å²) in [6, 6.07) is 12.3. The third-order valence-electron chi connectivity index (χ3n) is 3.78. The van der Waals surface area contributed by atoms with E-state index in [0.29, 0.717) is 22.5 Å².